The van der Waals surface area contributed by atoms with Crippen molar-refractivity contribution in [3.05, 3.63) is 28.8 Å². The van der Waals surface area contributed by atoms with E-state index in [1.165, 1.54) is 4.90 Å². The number of aryl methyl sites for hydroxylation is 1. The van der Waals surface area contributed by atoms with Crippen LogP contribution >= 0.6 is 11.6 Å². The molecule has 1 aromatic carbocycles. The summed E-state index contributed by atoms with van der Waals surface area (Å²) in [5, 5.41) is 9.58. The molecule has 0 aromatic heterocycles. The number of amides is 1. The van der Waals surface area contributed by atoms with Crippen molar-refractivity contribution in [3.8, 4) is 5.75 Å². The van der Waals surface area contributed by atoms with Crippen LogP contribution in [-0.2, 0) is 14.3 Å². The van der Waals surface area contributed by atoms with Crippen molar-refractivity contribution in [1.29, 1.82) is 0 Å². The topological polar surface area (TPSA) is 76.1 Å². The number of rotatable bonds is 4. The smallest absolute Gasteiger partial charge is 0.328 e. The van der Waals surface area contributed by atoms with E-state index < -0.39 is 24.0 Å². The van der Waals surface area contributed by atoms with Crippen LogP contribution in [0.4, 0.5) is 0 Å². The van der Waals surface area contributed by atoms with E-state index in [4.69, 9.17) is 21.1 Å². The fourth-order valence-corrected chi connectivity index (χ4v) is 2.41. The molecule has 1 amide bonds. The van der Waals surface area contributed by atoms with Gasteiger partial charge in [-0.1, -0.05) is 17.7 Å². The van der Waals surface area contributed by atoms with Gasteiger partial charge in [-0.15, -0.1) is 0 Å². The highest BCUT2D eigenvalue weighted by Gasteiger charge is 2.35. The number of hydrogen-bond acceptors (Lipinski definition) is 4. The van der Waals surface area contributed by atoms with Gasteiger partial charge in [0.2, 0.25) is 0 Å². The van der Waals surface area contributed by atoms with Gasteiger partial charge in [0.05, 0.1) is 18.2 Å². The fraction of sp³-hybridized carbons (Fsp3) is 0.467. The summed E-state index contributed by atoms with van der Waals surface area (Å²) in [7, 11) is 0. The molecule has 1 aromatic rings. The first-order valence-corrected chi connectivity index (χ1v) is 7.31. The van der Waals surface area contributed by atoms with Gasteiger partial charge in [-0.3, -0.25) is 4.79 Å². The van der Waals surface area contributed by atoms with Crippen LogP contribution in [0, 0.1) is 6.92 Å². The lowest BCUT2D eigenvalue weighted by atomic mass is 10.2. The number of nitrogens with zero attached hydrogens (tertiary/aromatic N) is 1. The molecule has 1 fully saturated rings. The van der Waals surface area contributed by atoms with Crippen LogP contribution < -0.4 is 4.74 Å². The lowest BCUT2D eigenvalue weighted by Gasteiger charge is -2.34. The first-order chi connectivity index (χ1) is 10.4. The highest BCUT2D eigenvalue weighted by atomic mass is 35.5. The Morgan fingerprint density at radius 1 is 1.50 bits per heavy atom. The van der Waals surface area contributed by atoms with Gasteiger partial charge in [0.15, 0.2) is 12.1 Å². The molecule has 1 aliphatic heterocycles. The highest BCUT2D eigenvalue weighted by Crippen LogP contribution is 2.26. The van der Waals surface area contributed by atoms with E-state index in [2.05, 4.69) is 0 Å². The SMILES string of the molecule is Cc1ccc(Cl)c(O[C@@H](C)C(=O)N2CCOC[C@@H]2C(=O)O)c1. The van der Waals surface area contributed by atoms with Crippen molar-refractivity contribution in [2.75, 3.05) is 19.8 Å². The molecule has 2 atom stereocenters. The molecule has 120 valence electrons. The van der Waals surface area contributed by atoms with E-state index >= 15 is 0 Å². The normalized spacial score (nSPS) is 19.6. The third-order valence-corrected chi connectivity index (χ3v) is 3.75. The maximum absolute atomic E-state index is 12.5. The van der Waals surface area contributed by atoms with Gasteiger partial charge in [-0.2, -0.15) is 0 Å². The van der Waals surface area contributed by atoms with Crippen molar-refractivity contribution in [2.24, 2.45) is 0 Å². The van der Waals surface area contributed by atoms with Crippen LogP contribution in [0.3, 0.4) is 0 Å². The Hall–Kier alpha value is -1.79. The summed E-state index contributed by atoms with van der Waals surface area (Å²) < 4.78 is 10.7. The quantitative estimate of drug-likeness (QED) is 0.911. The van der Waals surface area contributed by atoms with Crippen molar-refractivity contribution in [3.63, 3.8) is 0 Å². The Balaban J connectivity index is 2.10. The monoisotopic (exact) mass is 327 g/mol. The molecule has 1 heterocycles. The Kier molecular flexibility index (Phi) is 5.26. The van der Waals surface area contributed by atoms with E-state index in [0.29, 0.717) is 17.4 Å². The van der Waals surface area contributed by atoms with Crippen LogP contribution in [0.15, 0.2) is 18.2 Å². The van der Waals surface area contributed by atoms with Crippen LogP contribution in [0.5, 0.6) is 5.75 Å². The number of ether oxygens (including phenoxy) is 2. The van der Waals surface area contributed by atoms with E-state index in [0.717, 1.165) is 5.56 Å². The first-order valence-electron chi connectivity index (χ1n) is 6.94. The van der Waals surface area contributed by atoms with E-state index in [9.17, 15) is 14.7 Å². The maximum Gasteiger partial charge on any atom is 0.328 e. The predicted octanol–water partition coefficient (Wildman–Crippen LogP) is 1.73. The Morgan fingerprint density at radius 3 is 2.91 bits per heavy atom. The van der Waals surface area contributed by atoms with Gasteiger partial charge in [0, 0.05) is 6.54 Å². The number of carbonyl (C=O) groups is 2. The summed E-state index contributed by atoms with van der Waals surface area (Å²) in [6, 6.07) is 4.28. The molecule has 0 bridgehead atoms. The second-order valence-electron chi connectivity index (χ2n) is 5.15. The molecule has 1 saturated heterocycles. The number of carbonyl (C=O) groups excluding carboxylic acids is 1. The zero-order chi connectivity index (χ0) is 16.3. The van der Waals surface area contributed by atoms with E-state index in [-0.39, 0.29) is 13.2 Å². The van der Waals surface area contributed by atoms with E-state index in [1.807, 2.05) is 13.0 Å². The first kappa shape index (κ1) is 16.6. The third-order valence-electron chi connectivity index (χ3n) is 3.43. The molecule has 1 aliphatic rings. The van der Waals surface area contributed by atoms with Crippen LogP contribution in [0.1, 0.15) is 12.5 Å². The zero-order valence-electron chi connectivity index (χ0n) is 12.4. The summed E-state index contributed by atoms with van der Waals surface area (Å²) in [5.41, 5.74) is 0.953. The minimum atomic E-state index is -1.09. The maximum atomic E-state index is 12.5. The molecule has 7 heteroatoms. The average Bonchev–Trinajstić information content (AvgIpc) is 2.50. The Bertz CT molecular complexity index is 577. The molecule has 0 spiro atoms. The van der Waals surface area contributed by atoms with Crippen molar-refractivity contribution < 1.29 is 24.2 Å². The summed E-state index contributed by atoms with van der Waals surface area (Å²) >= 11 is 6.05. The molecule has 1 N–H and O–H groups in total. The molecule has 22 heavy (non-hydrogen) atoms. The third kappa shape index (κ3) is 3.69. The predicted molar refractivity (Wildman–Crippen MR) is 80.2 cm³/mol. The van der Waals surface area contributed by atoms with Gasteiger partial charge in [-0.25, -0.2) is 4.79 Å². The lowest BCUT2D eigenvalue weighted by Crippen LogP contribution is -2.55. The summed E-state index contributed by atoms with van der Waals surface area (Å²) in [4.78, 5) is 24.9. The molecule has 0 unspecified atom stereocenters. The van der Waals surface area contributed by atoms with Gasteiger partial charge in [0.25, 0.3) is 5.91 Å². The minimum absolute atomic E-state index is 0.0149. The number of carboxylic acid groups (broad SMARTS) is 1. The van der Waals surface area contributed by atoms with Crippen molar-refractivity contribution >= 4 is 23.5 Å². The second-order valence-corrected chi connectivity index (χ2v) is 5.56. The lowest BCUT2D eigenvalue weighted by molar-refractivity contribution is -0.161. The second kappa shape index (κ2) is 6.98. The molecular formula is C15H18ClNO5. The van der Waals surface area contributed by atoms with Gasteiger partial charge >= 0.3 is 5.97 Å². The van der Waals surface area contributed by atoms with Crippen LogP contribution in [0.2, 0.25) is 5.02 Å². The van der Waals surface area contributed by atoms with E-state index in [1.54, 1.807) is 19.1 Å². The summed E-state index contributed by atoms with van der Waals surface area (Å²) in [6.45, 7) is 3.99. The van der Waals surface area contributed by atoms with Gasteiger partial charge < -0.3 is 19.5 Å². The highest BCUT2D eigenvalue weighted by molar-refractivity contribution is 6.32. The van der Waals surface area contributed by atoms with Gasteiger partial charge in [0.1, 0.15) is 5.75 Å². The van der Waals surface area contributed by atoms with Crippen LogP contribution in [0.25, 0.3) is 0 Å². The molecule has 0 radical (unpaired) electrons. The molecule has 2 rings (SSSR count). The summed E-state index contributed by atoms with van der Waals surface area (Å²) in [5.74, 6) is -1.08. The van der Waals surface area contributed by atoms with Crippen molar-refractivity contribution in [2.45, 2.75) is 26.0 Å². The standard InChI is InChI=1S/C15H18ClNO5/c1-9-3-4-11(16)13(7-9)22-10(2)14(18)17-5-6-21-8-12(17)15(19)20/h3-4,7,10,12H,5-6,8H2,1-2H3,(H,19,20)/t10-,12+/m0/s1. The molecule has 6 nitrogen and oxygen atoms in total. The summed E-state index contributed by atoms with van der Waals surface area (Å²) in [6.07, 6.45) is -0.834. The van der Waals surface area contributed by atoms with Crippen LogP contribution in [-0.4, -0.2) is 53.8 Å². The van der Waals surface area contributed by atoms with Crippen molar-refractivity contribution in [1.82, 2.24) is 4.90 Å². The molecule has 0 aliphatic carbocycles. The number of aliphatic carboxylic acids is 1. The Labute approximate surface area is 133 Å². The van der Waals surface area contributed by atoms with Gasteiger partial charge in [-0.05, 0) is 31.5 Å². The fourth-order valence-electron chi connectivity index (χ4n) is 2.25. The minimum Gasteiger partial charge on any atom is -0.480 e. The number of carboxylic acids is 1. The zero-order valence-corrected chi connectivity index (χ0v) is 13.2. The molecular weight excluding hydrogens is 310 g/mol. The average molecular weight is 328 g/mol. The largest absolute Gasteiger partial charge is 0.480 e. The Morgan fingerprint density at radius 2 is 2.23 bits per heavy atom. The number of morpholine rings is 1. The molecule has 0 saturated carbocycles. The number of halogens is 1. The number of benzene rings is 1. The number of hydrogen-bond donors (Lipinski definition) is 1.